The fourth-order valence-electron chi connectivity index (χ4n) is 1.55. The van der Waals surface area contributed by atoms with Crippen molar-refractivity contribution < 1.29 is 4.79 Å². The molecule has 0 radical (unpaired) electrons. The van der Waals surface area contributed by atoms with Crippen LogP contribution in [0, 0.1) is 0 Å². The molecule has 0 saturated heterocycles. The van der Waals surface area contributed by atoms with E-state index in [-0.39, 0.29) is 6.03 Å². The van der Waals surface area contributed by atoms with Gasteiger partial charge in [-0.1, -0.05) is 26.3 Å². The smallest absolute Gasteiger partial charge is 0.319 e. The van der Waals surface area contributed by atoms with Gasteiger partial charge < -0.3 is 16.4 Å². The van der Waals surface area contributed by atoms with Gasteiger partial charge in [0.2, 0.25) is 0 Å². The molecule has 0 saturated carbocycles. The molecule has 0 aliphatic carbocycles. The number of anilines is 2. The van der Waals surface area contributed by atoms with Crippen LogP contribution in [0.1, 0.15) is 32.3 Å². The van der Waals surface area contributed by atoms with Crippen molar-refractivity contribution in [1.82, 2.24) is 5.32 Å². The second-order valence-electron chi connectivity index (χ2n) is 4.00. The van der Waals surface area contributed by atoms with Crippen LogP contribution in [0.3, 0.4) is 0 Å². The number of hydrogen-bond donors (Lipinski definition) is 3. The number of carbonyl (C=O) groups excluding carboxylic acids is 1. The summed E-state index contributed by atoms with van der Waals surface area (Å²) in [6.45, 7) is 4.84. The van der Waals surface area contributed by atoms with Crippen molar-refractivity contribution in [3.63, 3.8) is 0 Å². The van der Waals surface area contributed by atoms with Gasteiger partial charge in [-0.05, 0) is 30.5 Å². The lowest BCUT2D eigenvalue weighted by Gasteiger charge is -2.09. The van der Waals surface area contributed by atoms with E-state index in [2.05, 4.69) is 24.5 Å². The first-order chi connectivity index (χ1) is 8.17. The van der Waals surface area contributed by atoms with Gasteiger partial charge in [0.05, 0.1) is 0 Å². The number of aryl methyl sites for hydroxylation is 1. The Kier molecular flexibility index (Phi) is 5.33. The van der Waals surface area contributed by atoms with Crippen LogP contribution in [-0.2, 0) is 6.42 Å². The van der Waals surface area contributed by atoms with Gasteiger partial charge in [-0.25, -0.2) is 4.79 Å². The molecule has 1 rings (SSSR count). The quantitative estimate of drug-likeness (QED) is 0.542. The zero-order chi connectivity index (χ0) is 12.7. The minimum absolute atomic E-state index is 0.179. The van der Waals surface area contributed by atoms with Crippen LogP contribution in [0.2, 0.25) is 0 Å². The van der Waals surface area contributed by atoms with Crippen LogP contribution >= 0.6 is 0 Å². The highest BCUT2D eigenvalue weighted by atomic mass is 16.2. The van der Waals surface area contributed by atoms with E-state index in [0.717, 1.165) is 36.2 Å². The zero-order valence-electron chi connectivity index (χ0n) is 10.5. The van der Waals surface area contributed by atoms with Gasteiger partial charge in [-0.2, -0.15) is 0 Å². The van der Waals surface area contributed by atoms with E-state index in [1.807, 2.05) is 12.1 Å². The predicted octanol–water partition coefficient (Wildman–Crippen LogP) is 2.75. The topological polar surface area (TPSA) is 67.2 Å². The zero-order valence-corrected chi connectivity index (χ0v) is 10.5. The number of urea groups is 1. The fourth-order valence-corrected chi connectivity index (χ4v) is 1.55. The van der Waals surface area contributed by atoms with Gasteiger partial charge >= 0.3 is 6.03 Å². The molecule has 4 N–H and O–H groups in total. The molecule has 1 aromatic carbocycles. The second kappa shape index (κ2) is 6.78. The van der Waals surface area contributed by atoms with Crippen molar-refractivity contribution in [2.75, 3.05) is 17.6 Å². The highest BCUT2D eigenvalue weighted by Gasteiger charge is 2.02. The first kappa shape index (κ1) is 13.4. The van der Waals surface area contributed by atoms with E-state index in [9.17, 15) is 4.79 Å². The summed E-state index contributed by atoms with van der Waals surface area (Å²) in [5.41, 5.74) is 8.41. The molecule has 0 heterocycles. The lowest BCUT2D eigenvalue weighted by molar-refractivity contribution is 0.252. The molecule has 1 aromatic rings. The third-order valence-corrected chi connectivity index (χ3v) is 2.60. The number of rotatable bonds is 5. The predicted molar refractivity (Wildman–Crippen MR) is 72.2 cm³/mol. The molecule has 0 atom stereocenters. The molecule has 0 fully saturated rings. The van der Waals surface area contributed by atoms with Crippen molar-refractivity contribution in [3.05, 3.63) is 23.8 Å². The molecule has 94 valence electrons. The molecule has 0 aliphatic rings. The van der Waals surface area contributed by atoms with E-state index in [1.54, 1.807) is 6.07 Å². The Bertz CT molecular complexity index is 377. The average molecular weight is 235 g/mol. The monoisotopic (exact) mass is 235 g/mol. The molecule has 17 heavy (non-hydrogen) atoms. The maximum absolute atomic E-state index is 11.5. The number of amides is 2. The normalized spacial score (nSPS) is 10.0. The van der Waals surface area contributed by atoms with Crippen LogP contribution in [0.5, 0.6) is 0 Å². The lowest BCUT2D eigenvalue weighted by atomic mass is 10.1. The highest BCUT2D eigenvalue weighted by Crippen LogP contribution is 2.18. The Morgan fingerprint density at radius 1 is 1.35 bits per heavy atom. The Hall–Kier alpha value is -1.71. The standard InChI is InChI=1S/C13H21N3O/c1-3-5-8-15-13(17)16-11-7-6-10(4-2)12(14)9-11/h6-7,9H,3-5,8,14H2,1-2H3,(H2,15,16,17). The van der Waals surface area contributed by atoms with Gasteiger partial charge in [0.1, 0.15) is 0 Å². The molecule has 4 heteroatoms. The summed E-state index contributed by atoms with van der Waals surface area (Å²) in [5.74, 6) is 0. The molecule has 0 spiro atoms. The average Bonchev–Trinajstić information content (AvgIpc) is 2.29. The van der Waals surface area contributed by atoms with E-state index in [1.165, 1.54) is 0 Å². The summed E-state index contributed by atoms with van der Waals surface area (Å²) in [7, 11) is 0. The molecule has 0 bridgehead atoms. The maximum Gasteiger partial charge on any atom is 0.319 e. The first-order valence-electron chi connectivity index (χ1n) is 6.10. The molecular weight excluding hydrogens is 214 g/mol. The molecule has 0 unspecified atom stereocenters. The van der Waals surface area contributed by atoms with Crippen molar-refractivity contribution in [1.29, 1.82) is 0 Å². The SMILES string of the molecule is CCCCNC(=O)Nc1ccc(CC)c(N)c1. The number of carbonyl (C=O) groups is 1. The van der Waals surface area contributed by atoms with Crippen LogP contribution < -0.4 is 16.4 Å². The van der Waals surface area contributed by atoms with E-state index < -0.39 is 0 Å². The first-order valence-corrected chi connectivity index (χ1v) is 6.10. The minimum atomic E-state index is -0.179. The summed E-state index contributed by atoms with van der Waals surface area (Å²) in [6, 6.07) is 5.42. The Labute approximate surface area is 103 Å². The summed E-state index contributed by atoms with van der Waals surface area (Å²) in [4.78, 5) is 11.5. The number of hydrogen-bond acceptors (Lipinski definition) is 2. The summed E-state index contributed by atoms with van der Waals surface area (Å²) < 4.78 is 0. The van der Waals surface area contributed by atoms with Crippen LogP contribution in [0.4, 0.5) is 16.2 Å². The van der Waals surface area contributed by atoms with Gasteiger partial charge in [-0.3, -0.25) is 0 Å². The van der Waals surface area contributed by atoms with E-state index >= 15 is 0 Å². The molecule has 0 aromatic heterocycles. The Morgan fingerprint density at radius 3 is 2.71 bits per heavy atom. The number of nitrogens with two attached hydrogens (primary N) is 1. The number of unbranched alkanes of at least 4 members (excludes halogenated alkanes) is 1. The van der Waals surface area contributed by atoms with E-state index in [0.29, 0.717) is 6.54 Å². The van der Waals surface area contributed by atoms with E-state index in [4.69, 9.17) is 5.73 Å². The van der Waals surface area contributed by atoms with Crippen LogP contribution in [0.15, 0.2) is 18.2 Å². The van der Waals surface area contributed by atoms with Crippen LogP contribution in [-0.4, -0.2) is 12.6 Å². The van der Waals surface area contributed by atoms with Crippen molar-refractivity contribution in [3.8, 4) is 0 Å². The Balaban J connectivity index is 2.51. The molecule has 4 nitrogen and oxygen atoms in total. The van der Waals surface area contributed by atoms with Crippen molar-refractivity contribution in [2.24, 2.45) is 0 Å². The van der Waals surface area contributed by atoms with Gasteiger partial charge in [0.25, 0.3) is 0 Å². The Morgan fingerprint density at radius 2 is 2.12 bits per heavy atom. The van der Waals surface area contributed by atoms with Crippen molar-refractivity contribution in [2.45, 2.75) is 33.1 Å². The maximum atomic E-state index is 11.5. The largest absolute Gasteiger partial charge is 0.398 e. The highest BCUT2D eigenvalue weighted by molar-refractivity contribution is 5.89. The van der Waals surface area contributed by atoms with Gasteiger partial charge in [0.15, 0.2) is 0 Å². The van der Waals surface area contributed by atoms with Crippen molar-refractivity contribution >= 4 is 17.4 Å². The third kappa shape index (κ3) is 4.34. The lowest BCUT2D eigenvalue weighted by Crippen LogP contribution is -2.29. The second-order valence-corrected chi connectivity index (χ2v) is 4.00. The summed E-state index contributed by atoms with van der Waals surface area (Å²) >= 11 is 0. The number of benzene rings is 1. The third-order valence-electron chi connectivity index (χ3n) is 2.60. The fraction of sp³-hybridized carbons (Fsp3) is 0.462. The molecule has 2 amide bonds. The molecular formula is C13H21N3O. The number of nitrogens with one attached hydrogen (secondary N) is 2. The summed E-state index contributed by atoms with van der Waals surface area (Å²) in [5, 5.41) is 5.55. The summed E-state index contributed by atoms with van der Waals surface area (Å²) in [6.07, 6.45) is 2.96. The number of nitrogen functional groups attached to an aromatic ring is 1. The molecule has 0 aliphatic heterocycles. The van der Waals surface area contributed by atoms with Gasteiger partial charge in [0, 0.05) is 17.9 Å². The van der Waals surface area contributed by atoms with Gasteiger partial charge in [-0.15, -0.1) is 0 Å². The minimum Gasteiger partial charge on any atom is -0.398 e. The van der Waals surface area contributed by atoms with Crippen LogP contribution in [0.25, 0.3) is 0 Å².